The fraction of sp³-hybridized carbons (Fsp3) is 0.0625. The van der Waals surface area contributed by atoms with Crippen molar-refractivity contribution >= 4 is 32.6 Å². The van der Waals surface area contributed by atoms with Crippen molar-refractivity contribution in [2.75, 3.05) is 0 Å². The molecule has 2 aromatic heterocycles. The topological polar surface area (TPSA) is 53.9 Å². The SMILES string of the molecule is c1ccc(-c2ccc(C3NC(c4ccc(-c5ccccc5)cc4)NC(c4ccc(-n5c6ccccc6c6c7ccccc7ccc65)cn4)N3)cc2)cc1. The number of fused-ring (bicyclic) bond motifs is 5. The summed E-state index contributed by atoms with van der Waals surface area (Å²) in [5, 5.41) is 16.5. The fourth-order valence-electron chi connectivity index (χ4n) is 7.92. The third-order valence-electron chi connectivity index (χ3n) is 10.6. The van der Waals surface area contributed by atoms with Crippen molar-refractivity contribution in [1.82, 2.24) is 25.5 Å². The summed E-state index contributed by atoms with van der Waals surface area (Å²) in [7, 11) is 0. The number of rotatable bonds is 6. The van der Waals surface area contributed by atoms with Gasteiger partial charge in [0.25, 0.3) is 0 Å². The van der Waals surface area contributed by atoms with Crippen LogP contribution in [0.4, 0.5) is 0 Å². The molecule has 1 aliphatic rings. The number of benzene rings is 7. The molecule has 0 saturated carbocycles. The third-order valence-corrected chi connectivity index (χ3v) is 10.6. The highest BCUT2D eigenvalue weighted by molar-refractivity contribution is 6.21. The Kier molecular flexibility index (Phi) is 7.88. The van der Waals surface area contributed by atoms with E-state index >= 15 is 0 Å². The summed E-state index contributed by atoms with van der Waals surface area (Å²) in [6, 6.07) is 64.8. The van der Waals surface area contributed by atoms with Crippen LogP contribution in [-0.2, 0) is 0 Å². The van der Waals surface area contributed by atoms with Crippen molar-refractivity contribution in [3.05, 3.63) is 205 Å². The lowest BCUT2D eigenvalue weighted by atomic mass is 10.0. The molecule has 254 valence electrons. The Labute approximate surface area is 308 Å². The van der Waals surface area contributed by atoms with Crippen molar-refractivity contribution in [3.63, 3.8) is 0 Å². The van der Waals surface area contributed by atoms with Crippen LogP contribution in [0.25, 0.3) is 60.5 Å². The minimum absolute atomic E-state index is 0.114. The normalized spacial score (nSPS) is 17.4. The van der Waals surface area contributed by atoms with E-state index in [1.54, 1.807) is 0 Å². The first-order valence-corrected chi connectivity index (χ1v) is 18.2. The molecule has 1 fully saturated rings. The van der Waals surface area contributed by atoms with Gasteiger partial charge in [0.2, 0.25) is 0 Å². The number of nitrogens with zero attached hydrogens (tertiary/aromatic N) is 2. The van der Waals surface area contributed by atoms with Gasteiger partial charge in [-0.15, -0.1) is 0 Å². The van der Waals surface area contributed by atoms with Gasteiger partial charge in [-0.05, 0) is 68.4 Å². The predicted molar refractivity (Wildman–Crippen MR) is 217 cm³/mol. The quantitative estimate of drug-likeness (QED) is 0.163. The van der Waals surface area contributed by atoms with Gasteiger partial charge < -0.3 is 4.57 Å². The number of para-hydroxylation sites is 1. The second kappa shape index (κ2) is 13.3. The maximum atomic E-state index is 5.12. The molecule has 2 atom stereocenters. The highest BCUT2D eigenvalue weighted by Gasteiger charge is 2.30. The number of hydrogen-bond donors (Lipinski definition) is 3. The second-order valence-electron chi connectivity index (χ2n) is 13.7. The molecule has 5 nitrogen and oxygen atoms in total. The Bertz CT molecular complexity index is 2590. The van der Waals surface area contributed by atoms with Gasteiger partial charge in [-0.1, -0.05) is 158 Å². The second-order valence-corrected chi connectivity index (χ2v) is 13.7. The van der Waals surface area contributed by atoms with Crippen molar-refractivity contribution in [2.45, 2.75) is 18.5 Å². The Balaban J connectivity index is 1.00. The molecule has 1 aliphatic heterocycles. The third kappa shape index (κ3) is 5.78. The summed E-state index contributed by atoms with van der Waals surface area (Å²) in [6.07, 6.45) is 1.58. The van der Waals surface area contributed by atoms with Crippen molar-refractivity contribution < 1.29 is 0 Å². The average Bonchev–Trinajstić information content (AvgIpc) is 3.59. The van der Waals surface area contributed by atoms with Gasteiger partial charge in [0.1, 0.15) is 6.17 Å². The van der Waals surface area contributed by atoms with Crippen LogP contribution >= 0.6 is 0 Å². The zero-order valence-corrected chi connectivity index (χ0v) is 29.0. The van der Waals surface area contributed by atoms with Crippen LogP contribution in [0.3, 0.4) is 0 Å². The van der Waals surface area contributed by atoms with Crippen LogP contribution < -0.4 is 16.0 Å². The average molecular weight is 684 g/mol. The van der Waals surface area contributed by atoms with E-state index in [1.807, 2.05) is 6.20 Å². The van der Waals surface area contributed by atoms with Crippen LogP contribution in [-0.4, -0.2) is 9.55 Å². The monoisotopic (exact) mass is 683 g/mol. The van der Waals surface area contributed by atoms with Crippen LogP contribution in [0.2, 0.25) is 0 Å². The lowest BCUT2D eigenvalue weighted by molar-refractivity contribution is 0.200. The van der Waals surface area contributed by atoms with E-state index in [0.29, 0.717) is 0 Å². The molecular weight excluding hydrogens is 647 g/mol. The molecule has 1 saturated heterocycles. The van der Waals surface area contributed by atoms with E-state index in [2.05, 4.69) is 203 Å². The first-order valence-electron chi connectivity index (χ1n) is 18.2. The molecular formula is C48H37N5. The molecule has 0 amide bonds. The van der Waals surface area contributed by atoms with Gasteiger partial charge in [-0.3, -0.25) is 20.9 Å². The van der Waals surface area contributed by atoms with E-state index in [9.17, 15) is 0 Å². The van der Waals surface area contributed by atoms with E-state index in [1.165, 1.54) is 54.8 Å². The minimum Gasteiger partial charge on any atom is -0.308 e. The molecule has 3 N–H and O–H groups in total. The molecule has 0 radical (unpaired) electrons. The molecule has 9 aromatic rings. The molecule has 2 unspecified atom stereocenters. The van der Waals surface area contributed by atoms with Crippen LogP contribution in [0, 0.1) is 0 Å². The van der Waals surface area contributed by atoms with Crippen molar-refractivity contribution in [1.29, 1.82) is 0 Å². The molecule has 3 heterocycles. The maximum Gasteiger partial charge on any atom is 0.104 e. The summed E-state index contributed by atoms with van der Waals surface area (Å²) in [5.74, 6) is 0. The van der Waals surface area contributed by atoms with Gasteiger partial charge in [-0.2, -0.15) is 0 Å². The van der Waals surface area contributed by atoms with E-state index < -0.39 is 0 Å². The molecule has 5 heteroatoms. The summed E-state index contributed by atoms with van der Waals surface area (Å²) in [5.41, 5.74) is 11.4. The van der Waals surface area contributed by atoms with Crippen LogP contribution in [0.1, 0.15) is 35.3 Å². The standard InChI is InChI=1S/C48H37N5/c1-3-11-32(12-4-1)34-19-23-37(24-20-34)46-50-47(38-25-21-35(22-26-38)33-13-5-2-6-14-33)52-48(51-46)42-29-28-39(31-49-42)53-43-18-10-9-17-41(43)45-40-16-8-7-15-36(40)27-30-44(45)53/h1-31,46-48,50-52H. The van der Waals surface area contributed by atoms with Gasteiger partial charge in [0.15, 0.2) is 0 Å². The summed E-state index contributed by atoms with van der Waals surface area (Å²) >= 11 is 0. The largest absolute Gasteiger partial charge is 0.308 e. The molecule has 0 bridgehead atoms. The fourth-order valence-corrected chi connectivity index (χ4v) is 7.92. The smallest absolute Gasteiger partial charge is 0.104 e. The number of hydrogen-bond acceptors (Lipinski definition) is 4. The van der Waals surface area contributed by atoms with Crippen LogP contribution in [0.15, 0.2) is 188 Å². The number of nitrogens with one attached hydrogen (secondary N) is 3. The molecule has 10 rings (SSSR count). The van der Waals surface area contributed by atoms with E-state index in [4.69, 9.17) is 4.98 Å². The maximum absolute atomic E-state index is 5.12. The highest BCUT2D eigenvalue weighted by atomic mass is 15.4. The lowest BCUT2D eigenvalue weighted by Gasteiger charge is -2.39. The first-order chi connectivity index (χ1) is 26.3. The number of pyridine rings is 1. The Morgan fingerprint density at radius 1 is 0.396 bits per heavy atom. The molecule has 53 heavy (non-hydrogen) atoms. The van der Waals surface area contributed by atoms with E-state index in [-0.39, 0.29) is 18.5 Å². The van der Waals surface area contributed by atoms with Crippen LogP contribution in [0.5, 0.6) is 0 Å². The summed E-state index contributed by atoms with van der Waals surface area (Å²) < 4.78 is 2.34. The zero-order valence-electron chi connectivity index (χ0n) is 29.0. The predicted octanol–water partition coefficient (Wildman–Crippen LogP) is 10.8. The van der Waals surface area contributed by atoms with Gasteiger partial charge in [0, 0.05) is 10.8 Å². The van der Waals surface area contributed by atoms with E-state index in [0.717, 1.165) is 22.5 Å². The molecule has 0 spiro atoms. The Morgan fingerprint density at radius 2 is 0.925 bits per heavy atom. The molecule has 0 aliphatic carbocycles. The zero-order chi connectivity index (χ0) is 35.1. The van der Waals surface area contributed by atoms with Crippen molar-refractivity contribution in [3.8, 4) is 27.9 Å². The first kappa shape index (κ1) is 31.4. The summed E-state index contributed by atoms with van der Waals surface area (Å²) in [6.45, 7) is 0. The Morgan fingerprint density at radius 3 is 1.53 bits per heavy atom. The van der Waals surface area contributed by atoms with Crippen molar-refractivity contribution in [2.24, 2.45) is 0 Å². The Hall–Kier alpha value is -6.37. The lowest BCUT2D eigenvalue weighted by Crippen LogP contribution is -2.54. The van der Waals surface area contributed by atoms with Gasteiger partial charge in [-0.25, -0.2) is 0 Å². The van der Waals surface area contributed by atoms with Gasteiger partial charge >= 0.3 is 0 Å². The highest BCUT2D eigenvalue weighted by Crippen LogP contribution is 2.37. The summed E-state index contributed by atoms with van der Waals surface area (Å²) in [4.78, 5) is 5.12. The van der Waals surface area contributed by atoms with Gasteiger partial charge in [0.05, 0.1) is 40.9 Å². The number of aromatic nitrogens is 2. The molecule has 7 aromatic carbocycles. The minimum atomic E-state index is -0.204.